The van der Waals surface area contributed by atoms with Gasteiger partial charge in [0.05, 0.1) is 12.4 Å². The molecule has 0 bridgehead atoms. The lowest BCUT2D eigenvalue weighted by molar-refractivity contribution is 0.177. The average molecular weight is 236 g/mol. The first-order valence-electron chi connectivity index (χ1n) is 5.26. The number of aliphatic hydroxyl groups is 1. The molecule has 0 saturated carbocycles. The summed E-state index contributed by atoms with van der Waals surface area (Å²) in [7, 11) is -3.02. The molecule has 0 aromatic carbocycles. The van der Waals surface area contributed by atoms with Gasteiger partial charge in [0.1, 0.15) is 0 Å². The highest BCUT2D eigenvalue weighted by atomic mass is 32.2. The van der Waals surface area contributed by atoms with Crippen molar-refractivity contribution in [3.05, 3.63) is 0 Å². The van der Waals surface area contributed by atoms with Gasteiger partial charge < -0.3 is 10.4 Å². The van der Waals surface area contributed by atoms with Crippen LogP contribution in [0.2, 0.25) is 0 Å². The number of sulfonamides is 1. The highest BCUT2D eigenvalue weighted by Crippen LogP contribution is 2.12. The molecule has 0 aliphatic carbocycles. The number of nitrogens with zero attached hydrogens (tertiary/aromatic N) is 1. The van der Waals surface area contributed by atoms with E-state index in [9.17, 15) is 8.42 Å². The highest BCUT2D eigenvalue weighted by Gasteiger charge is 2.24. The van der Waals surface area contributed by atoms with Gasteiger partial charge in [0.25, 0.3) is 0 Å². The summed E-state index contributed by atoms with van der Waals surface area (Å²) in [5.74, 6) is 0. The van der Waals surface area contributed by atoms with Crippen molar-refractivity contribution in [1.82, 2.24) is 9.62 Å². The molecule has 5 nitrogen and oxygen atoms in total. The standard InChI is InChI=1S/C9H20N2O3S/c1-8(12)7-10-9-3-5-11(6-4-9)15(2,13)14/h8-10,12H,3-7H2,1-2H3/t8-/m0/s1. The van der Waals surface area contributed by atoms with Gasteiger partial charge in [-0.25, -0.2) is 12.7 Å². The molecule has 1 saturated heterocycles. The third-order valence-electron chi connectivity index (χ3n) is 2.62. The van der Waals surface area contributed by atoms with Gasteiger partial charge in [-0.1, -0.05) is 0 Å². The molecule has 6 heteroatoms. The first kappa shape index (κ1) is 12.9. The van der Waals surface area contributed by atoms with Gasteiger partial charge in [0, 0.05) is 25.7 Å². The van der Waals surface area contributed by atoms with Gasteiger partial charge in [0.15, 0.2) is 0 Å². The predicted molar refractivity (Wildman–Crippen MR) is 59.1 cm³/mol. The van der Waals surface area contributed by atoms with Crippen LogP contribution in [0.25, 0.3) is 0 Å². The molecule has 1 rings (SSSR count). The third kappa shape index (κ3) is 4.46. The first-order chi connectivity index (χ1) is 6.89. The van der Waals surface area contributed by atoms with Crippen LogP contribution in [0, 0.1) is 0 Å². The molecule has 0 amide bonds. The van der Waals surface area contributed by atoms with Crippen molar-refractivity contribution >= 4 is 10.0 Å². The Bertz CT molecular complexity index is 282. The average Bonchev–Trinajstić information content (AvgIpc) is 2.14. The largest absolute Gasteiger partial charge is 0.392 e. The van der Waals surface area contributed by atoms with E-state index in [0.717, 1.165) is 12.8 Å². The topological polar surface area (TPSA) is 69.6 Å². The maximum absolute atomic E-state index is 11.2. The number of hydrogen-bond acceptors (Lipinski definition) is 4. The van der Waals surface area contributed by atoms with Crippen molar-refractivity contribution in [3.63, 3.8) is 0 Å². The quantitative estimate of drug-likeness (QED) is 0.682. The molecule has 1 aliphatic heterocycles. The molecule has 0 radical (unpaired) electrons. The van der Waals surface area contributed by atoms with Crippen molar-refractivity contribution < 1.29 is 13.5 Å². The van der Waals surface area contributed by atoms with Crippen LogP contribution in [0.3, 0.4) is 0 Å². The van der Waals surface area contributed by atoms with Gasteiger partial charge in [-0.2, -0.15) is 0 Å². The van der Waals surface area contributed by atoms with E-state index in [1.54, 1.807) is 6.92 Å². The molecule has 1 aliphatic rings. The number of nitrogens with one attached hydrogen (secondary N) is 1. The Labute approximate surface area is 91.5 Å². The Morgan fingerprint density at radius 1 is 1.47 bits per heavy atom. The fourth-order valence-electron chi connectivity index (χ4n) is 1.73. The lowest BCUT2D eigenvalue weighted by Crippen LogP contribution is -2.45. The molecule has 1 atom stereocenters. The summed E-state index contributed by atoms with van der Waals surface area (Å²) in [6, 6.07) is 0.331. The van der Waals surface area contributed by atoms with Crippen LogP contribution in [0.5, 0.6) is 0 Å². The van der Waals surface area contributed by atoms with Gasteiger partial charge in [-0.05, 0) is 19.8 Å². The lowest BCUT2D eigenvalue weighted by atomic mass is 10.1. The minimum Gasteiger partial charge on any atom is -0.392 e. The summed E-state index contributed by atoms with van der Waals surface area (Å²) in [6.07, 6.45) is 2.54. The number of rotatable bonds is 4. The summed E-state index contributed by atoms with van der Waals surface area (Å²) in [4.78, 5) is 0. The van der Waals surface area contributed by atoms with Crippen molar-refractivity contribution in [3.8, 4) is 0 Å². The zero-order chi connectivity index (χ0) is 11.5. The van der Waals surface area contributed by atoms with Crippen LogP contribution in [0.15, 0.2) is 0 Å². The molecule has 0 spiro atoms. The Balaban J connectivity index is 2.30. The second-order valence-electron chi connectivity index (χ2n) is 4.19. The van der Waals surface area contributed by atoms with Crippen LogP contribution in [-0.4, -0.2) is 55.9 Å². The molecule has 1 heterocycles. The molecule has 0 unspecified atom stereocenters. The summed E-state index contributed by atoms with van der Waals surface area (Å²) < 4.78 is 24.0. The van der Waals surface area contributed by atoms with E-state index in [1.165, 1.54) is 10.6 Å². The minimum atomic E-state index is -3.02. The highest BCUT2D eigenvalue weighted by molar-refractivity contribution is 7.88. The SMILES string of the molecule is C[C@H](O)CNC1CCN(S(C)(=O)=O)CC1. The molecular weight excluding hydrogens is 216 g/mol. The third-order valence-corrected chi connectivity index (χ3v) is 3.93. The molecule has 0 aromatic heterocycles. The Morgan fingerprint density at radius 3 is 2.40 bits per heavy atom. The van der Waals surface area contributed by atoms with Gasteiger partial charge in [-0.15, -0.1) is 0 Å². The smallest absolute Gasteiger partial charge is 0.211 e. The van der Waals surface area contributed by atoms with E-state index < -0.39 is 10.0 Å². The molecule has 0 aromatic rings. The van der Waals surface area contributed by atoms with Crippen molar-refractivity contribution in [2.45, 2.75) is 31.9 Å². The Hall–Kier alpha value is -0.170. The molecule has 15 heavy (non-hydrogen) atoms. The molecular formula is C9H20N2O3S. The van der Waals surface area contributed by atoms with Crippen LogP contribution >= 0.6 is 0 Å². The Kier molecular flexibility index (Phi) is 4.51. The fraction of sp³-hybridized carbons (Fsp3) is 1.00. The summed E-state index contributed by atoms with van der Waals surface area (Å²) in [6.45, 7) is 3.47. The van der Waals surface area contributed by atoms with E-state index in [1.807, 2.05) is 0 Å². The summed E-state index contributed by atoms with van der Waals surface area (Å²) in [5, 5.41) is 12.3. The van der Waals surface area contributed by atoms with Crippen molar-refractivity contribution in [2.24, 2.45) is 0 Å². The van der Waals surface area contributed by atoms with E-state index in [2.05, 4.69) is 5.32 Å². The van der Waals surface area contributed by atoms with Gasteiger partial charge >= 0.3 is 0 Å². The van der Waals surface area contributed by atoms with Crippen LogP contribution < -0.4 is 5.32 Å². The van der Waals surface area contributed by atoms with Crippen LogP contribution in [0.1, 0.15) is 19.8 Å². The number of piperidine rings is 1. The van der Waals surface area contributed by atoms with E-state index in [4.69, 9.17) is 5.11 Å². The minimum absolute atomic E-state index is 0.331. The van der Waals surface area contributed by atoms with Crippen molar-refractivity contribution in [2.75, 3.05) is 25.9 Å². The predicted octanol–water partition coefficient (Wildman–Crippen LogP) is -0.619. The normalized spacial score (nSPS) is 22.9. The molecule has 1 fully saturated rings. The summed E-state index contributed by atoms with van der Waals surface area (Å²) >= 11 is 0. The number of aliphatic hydroxyl groups excluding tert-OH is 1. The van der Waals surface area contributed by atoms with E-state index in [-0.39, 0.29) is 6.10 Å². The zero-order valence-corrected chi connectivity index (χ0v) is 10.1. The second kappa shape index (κ2) is 5.25. The molecule has 2 N–H and O–H groups in total. The summed E-state index contributed by atoms with van der Waals surface area (Å²) in [5.41, 5.74) is 0. The van der Waals surface area contributed by atoms with Crippen LogP contribution in [-0.2, 0) is 10.0 Å². The van der Waals surface area contributed by atoms with Gasteiger partial charge in [-0.3, -0.25) is 0 Å². The van der Waals surface area contributed by atoms with Crippen LogP contribution in [0.4, 0.5) is 0 Å². The van der Waals surface area contributed by atoms with E-state index in [0.29, 0.717) is 25.7 Å². The van der Waals surface area contributed by atoms with E-state index >= 15 is 0 Å². The first-order valence-corrected chi connectivity index (χ1v) is 7.11. The lowest BCUT2D eigenvalue weighted by Gasteiger charge is -2.31. The van der Waals surface area contributed by atoms with Crippen molar-refractivity contribution in [1.29, 1.82) is 0 Å². The second-order valence-corrected chi connectivity index (χ2v) is 6.18. The maximum Gasteiger partial charge on any atom is 0.211 e. The Morgan fingerprint density at radius 2 is 2.00 bits per heavy atom. The molecule has 90 valence electrons. The number of hydrogen-bond donors (Lipinski definition) is 2. The fourth-order valence-corrected chi connectivity index (χ4v) is 2.60. The van der Waals surface area contributed by atoms with Gasteiger partial charge in [0.2, 0.25) is 10.0 Å². The monoisotopic (exact) mass is 236 g/mol. The maximum atomic E-state index is 11.2. The zero-order valence-electron chi connectivity index (χ0n) is 9.31.